The van der Waals surface area contributed by atoms with Gasteiger partial charge in [-0.3, -0.25) is 15.0 Å². The highest BCUT2D eigenvalue weighted by molar-refractivity contribution is 5.83. The van der Waals surface area contributed by atoms with Gasteiger partial charge >= 0.3 is 0 Å². The number of hydrogen-bond donors (Lipinski definition) is 0. The number of nitrogens with zero attached hydrogens (tertiary/aromatic N) is 3. The Kier molecular flexibility index (Phi) is 5.87. The third kappa shape index (κ3) is 4.55. The van der Waals surface area contributed by atoms with Crippen LogP contribution in [-0.2, 0) is 0 Å². The fourth-order valence-corrected chi connectivity index (χ4v) is 4.48. The average Bonchev–Trinajstić information content (AvgIpc) is 2.98. The number of rotatable bonds is 5. The van der Waals surface area contributed by atoms with Gasteiger partial charge in [0, 0.05) is 42.1 Å². The molecule has 0 bridgehead atoms. The molecule has 36 heavy (non-hydrogen) atoms. The normalized spacial score (nSPS) is 10.8. The van der Waals surface area contributed by atoms with Crippen molar-refractivity contribution in [1.29, 1.82) is 0 Å². The van der Waals surface area contributed by atoms with Gasteiger partial charge in [0.05, 0.1) is 5.69 Å². The van der Waals surface area contributed by atoms with Crippen molar-refractivity contribution in [2.24, 2.45) is 0 Å². The van der Waals surface area contributed by atoms with Crippen molar-refractivity contribution in [2.45, 2.75) is 0 Å². The largest absolute Gasteiger partial charge is 0.265 e. The van der Waals surface area contributed by atoms with Crippen LogP contribution in [0.5, 0.6) is 0 Å². The maximum Gasteiger partial charge on any atom is 0.0702 e. The van der Waals surface area contributed by atoms with Crippen LogP contribution < -0.4 is 0 Å². The molecule has 0 aliphatic rings. The molecule has 0 aliphatic heterocycles. The fraction of sp³-hybridized carbons (Fsp3) is 0. The van der Waals surface area contributed by atoms with E-state index < -0.39 is 0 Å². The SMILES string of the molecule is c1ccc(-c2cccc(-c3cccc(-c4cc(-c5ccncc5)cc(-c5cccnc5)c4)c3)c2)nc1. The molecule has 0 aliphatic carbocycles. The van der Waals surface area contributed by atoms with Crippen LogP contribution in [0.3, 0.4) is 0 Å². The van der Waals surface area contributed by atoms with Crippen LogP contribution in [-0.4, -0.2) is 15.0 Å². The van der Waals surface area contributed by atoms with E-state index in [9.17, 15) is 0 Å². The molecule has 3 heteroatoms. The van der Waals surface area contributed by atoms with E-state index in [2.05, 4.69) is 87.7 Å². The second-order valence-electron chi connectivity index (χ2n) is 8.65. The van der Waals surface area contributed by atoms with Crippen LogP contribution in [0.2, 0.25) is 0 Å². The van der Waals surface area contributed by atoms with E-state index in [0.717, 1.165) is 50.2 Å². The Morgan fingerprint density at radius 3 is 1.58 bits per heavy atom. The standard InChI is InChI=1S/C33H23N3/c1-2-15-36-33(11-1)28-9-4-7-26(19-28)25-6-3-8-27(18-25)31-20-30(24-12-16-34-17-13-24)21-32(22-31)29-10-5-14-35-23-29/h1-23H. The van der Waals surface area contributed by atoms with Gasteiger partial charge < -0.3 is 0 Å². The van der Waals surface area contributed by atoms with E-state index in [-0.39, 0.29) is 0 Å². The number of hydrogen-bond acceptors (Lipinski definition) is 3. The Bertz CT molecular complexity index is 1550. The molecule has 0 radical (unpaired) electrons. The Balaban J connectivity index is 1.45. The molecule has 0 atom stereocenters. The van der Waals surface area contributed by atoms with Crippen molar-refractivity contribution in [3.05, 3.63) is 140 Å². The zero-order chi connectivity index (χ0) is 24.2. The smallest absolute Gasteiger partial charge is 0.0702 e. The van der Waals surface area contributed by atoms with Gasteiger partial charge in [-0.15, -0.1) is 0 Å². The summed E-state index contributed by atoms with van der Waals surface area (Å²) in [6, 6.07) is 38.2. The van der Waals surface area contributed by atoms with E-state index in [1.54, 1.807) is 6.20 Å². The van der Waals surface area contributed by atoms with E-state index in [4.69, 9.17) is 0 Å². The van der Waals surface area contributed by atoms with Crippen LogP contribution in [0.15, 0.2) is 140 Å². The lowest BCUT2D eigenvalue weighted by Gasteiger charge is -2.12. The molecule has 6 aromatic rings. The monoisotopic (exact) mass is 461 g/mol. The summed E-state index contributed by atoms with van der Waals surface area (Å²) in [5, 5.41) is 0. The van der Waals surface area contributed by atoms with Gasteiger partial charge in [0.15, 0.2) is 0 Å². The van der Waals surface area contributed by atoms with Gasteiger partial charge in [-0.05, 0) is 99.6 Å². The Labute approximate surface area is 210 Å². The zero-order valence-corrected chi connectivity index (χ0v) is 19.6. The quantitative estimate of drug-likeness (QED) is 0.260. The third-order valence-electron chi connectivity index (χ3n) is 6.29. The lowest BCUT2D eigenvalue weighted by molar-refractivity contribution is 1.32. The first kappa shape index (κ1) is 21.6. The Hall–Kier alpha value is -4.89. The molecule has 3 nitrogen and oxygen atoms in total. The number of pyridine rings is 3. The van der Waals surface area contributed by atoms with Crippen molar-refractivity contribution in [3.8, 4) is 55.8 Å². The first-order valence-electron chi connectivity index (χ1n) is 11.9. The van der Waals surface area contributed by atoms with Gasteiger partial charge in [-0.25, -0.2) is 0 Å². The molecule has 0 unspecified atom stereocenters. The summed E-state index contributed by atoms with van der Waals surface area (Å²) < 4.78 is 0. The maximum absolute atomic E-state index is 4.52. The predicted octanol–water partition coefficient (Wildman–Crippen LogP) is 8.21. The molecular formula is C33H23N3. The molecule has 3 aromatic carbocycles. The lowest BCUT2D eigenvalue weighted by atomic mass is 9.92. The first-order chi connectivity index (χ1) is 17.8. The van der Waals surface area contributed by atoms with Crippen molar-refractivity contribution in [2.75, 3.05) is 0 Å². The molecule has 170 valence electrons. The average molecular weight is 462 g/mol. The van der Waals surface area contributed by atoms with Crippen LogP contribution in [0.4, 0.5) is 0 Å². The highest BCUT2D eigenvalue weighted by atomic mass is 14.7. The molecule has 0 saturated carbocycles. The van der Waals surface area contributed by atoms with Crippen molar-refractivity contribution >= 4 is 0 Å². The fourth-order valence-electron chi connectivity index (χ4n) is 4.48. The first-order valence-corrected chi connectivity index (χ1v) is 11.9. The molecule has 0 N–H and O–H groups in total. The van der Waals surface area contributed by atoms with Crippen LogP contribution in [0.1, 0.15) is 0 Å². The zero-order valence-electron chi connectivity index (χ0n) is 19.6. The van der Waals surface area contributed by atoms with Crippen molar-refractivity contribution in [3.63, 3.8) is 0 Å². The van der Waals surface area contributed by atoms with E-state index >= 15 is 0 Å². The molecule has 0 saturated heterocycles. The van der Waals surface area contributed by atoms with Gasteiger partial charge in [0.25, 0.3) is 0 Å². The summed E-state index contributed by atoms with van der Waals surface area (Å²) in [5.74, 6) is 0. The molecule has 3 heterocycles. The topological polar surface area (TPSA) is 38.7 Å². The molecule has 6 rings (SSSR count). The Morgan fingerprint density at radius 1 is 0.333 bits per heavy atom. The lowest BCUT2D eigenvalue weighted by Crippen LogP contribution is -1.88. The van der Waals surface area contributed by atoms with Gasteiger partial charge in [0.1, 0.15) is 0 Å². The molecule has 0 amide bonds. The minimum atomic E-state index is 0.974. The molecule has 0 spiro atoms. The second kappa shape index (κ2) is 9.77. The summed E-state index contributed by atoms with van der Waals surface area (Å²) in [6.07, 6.45) is 9.22. The van der Waals surface area contributed by atoms with E-state index in [0.29, 0.717) is 0 Å². The Morgan fingerprint density at radius 2 is 0.917 bits per heavy atom. The summed E-state index contributed by atoms with van der Waals surface area (Å²) in [5.41, 5.74) is 11.2. The van der Waals surface area contributed by atoms with Crippen molar-refractivity contribution < 1.29 is 0 Å². The van der Waals surface area contributed by atoms with Crippen LogP contribution in [0, 0.1) is 0 Å². The third-order valence-corrected chi connectivity index (χ3v) is 6.29. The number of benzene rings is 3. The highest BCUT2D eigenvalue weighted by Gasteiger charge is 2.09. The summed E-state index contributed by atoms with van der Waals surface area (Å²) in [7, 11) is 0. The minimum Gasteiger partial charge on any atom is -0.265 e. The van der Waals surface area contributed by atoms with Gasteiger partial charge in [-0.1, -0.05) is 48.5 Å². The summed E-state index contributed by atoms with van der Waals surface area (Å²) >= 11 is 0. The number of aromatic nitrogens is 3. The summed E-state index contributed by atoms with van der Waals surface area (Å²) in [4.78, 5) is 13.0. The molecular weight excluding hydrogens is 438 g/mol. The second-order valence-corrected chi connectivity index (χ2v) is 8.65. The van der Waals surface area contributed by atoms with E-state index in [1.165, 1.54) is 5.56 Å². The maximum atomic E-state index is 4.52. The predicted molar refractivity (Wildman–Crippen MR) is 147 cm³/mol. The van der Waals surface area contributed by atoms with Gasteiger partial charge in [0.2, 0.25) is 0 Å². The summed E-state index contributed by atoms with van der Waals surface area (Å²) in [6.45, 7) is 0. The minimum absolute atomic E-state index is 0.974. The van der Waals surface area contributed by atoms with Crippen LogP contribution >= 0.6 is 0 Å². The van der Waals surface area contributed by atoms with E-state index in [1.807, 2.05) is 61.2 Å². The highest BCUT2D eigenvalue weighted by Crippen LogP contribution is 2.34. The molecule has 3 aromatic heterocycles. The van der Waals surface area contributed by atoms with Gasteiger partial charge in [-0.2, -0.15) is 0 Å². The molecule has 0 fully saturated rings. The van der Waals surface area contributed by atoms with Crippen LogP contribution in [0.25, 0.3) is 55.8 Å². The van der Waals surface area contributed by atoms with Crippen molar-refractivity contribution in [1.82, 2.24) is 15.0 Å².